The van der Waals surface area contributed by atoms with Gasteiger partial charge in [-0.1, -0.05) is 32.3 Å². The molecular weight excluding hydrogens is 146 g/mol. The molecule has 0 aliphatic carbocycles. The molecule has 0 aromatic carbocycles. The normalized spacial score (nSPS) is 12.8. The van der Waals surface area contributed by atoms with Gasteiger partial charge < -0.3 is 5.73 Å². The molecule has 0 amide bonds. The van der Waals surface area contributed by atoms with Crippen molar-refractivity contribution in [2.45, 2.75) is 57.9 Å². The van der Waals surface area contributed by atoms with Crippen molar-refractivity contribution in [2.24, 2.45) is 5.73 Å². The topological polar surface area (TPSA) is 26.0 Å². The Morgan fingerprint density at radius 1 is 1.25 bits per heavy atom. The quantitative estimate of drug-likeness (QED) is 0.438. The predicted octanol–water partition coefficient (Wildman–Crippen LogP) is 3.25. The Labute approximate surface area is 77.0 Å². The largest absolute Gasteiger partial charge is 0.328 e. The van der Waals surface area contributed by atoms with Crippen molar-refractivity contribution in [3.05, 3.63) is 12.7 Å². The molecule has 1 unspecified atom stereocenters. The summed E-state index contributed by atoms with van der Waals surface area (Å²) in [5.74, 6) is 0. The molecule has 0 radical (unpaired) electrons. The van der Waals surface area contributed by atoms with Crippen molar-refractivity contribution >= 4 is 0 Å². The van der Waals surface area contributed by atoms with Gasteiger partial charge >= 0.3 is 0 Å². The molecule has 0 aromatic rings. The van der Waals surface area contributed by atoms with Crippen LogP contribution < -0.4 is 5.73 Å². The van der Waals surface area contributed by atoms with Crippen LogP contribution in [0.3, 0.4) is 0 Å². The van der Waals surface area contributed by atoms with E-state index < -0.39 is 0 Å². The van der Waals surface area contributed by atoms with Crippen LogP contribution in [-0.2, 0) is 0 Å². The van der Waals surface area contributed by atoms with E-state index in [0.29, 0.717) is 6.04 Å². The zero-order valence-electron chi connectivity index (χ0n) is 8.39. The Hall–Kier alpha value is -0.300. The van der Waals surface area contributed by atoms with E-state index in [-0.39, 0.29) is 0 Å². The summed E-state index contributed by atoms with van der Waals surface area (Å²) < 4.78 is 0. The van der Waals surface area contributed by atoms with E-state index in [9.17, 15) is 0 Å². The van der Waals surface area contributed by atoms with Crippen molar-refractivity contribution in [3.63, 3.8) is 0 Å². The molecule has 1 atom stereocenters. The number of allylic oxidation sites excluding steroid dienone is 1. The highest BCUT2D eigenvalue weighted by molar-refractivity contribution is 4.66. The molecule has 0 heterocycles. The number of hydrogen-bond acceptors (Lipinski definition) is 1. The summed E-state index contributed by atoms with van der Waals surface area (Å²) in [6, 6.07) is 0.443. The van der Waals surface area contributed by atoms with Crippen molar-refractivity contribution in [2.75, 3.05) is 0 Å². The summed E-state index contributed by atoms with van der Waals surface area (Å²) in [5, 5.41) is 0. The summed E-state index contributed by atoms with van der Waals surface area (Å²) >= 11 is 0. The Morgan fingerprint density at radius 3 is 2.58 bits per heavy atom. The second-order valence-electron chi connectivity index (χ2n) is 3.48. The van der Waals surface area contributed by atoms with Crippen LogP contribution in [-0.4, -0.2) is 6.04 Å². The molecular formula is C11H23N. The van der Waals surface area contributed by atoms with Gasteiger partial charge in [0.25, 0.3) is 0 Å². The summed E-state index contributed by atoms with van der Waals surface area (Å²) in [7, 11) is 0. The second kappa shape index (κ2) is 8.79. The van der Waals surface area contributed by atoms with E-state index in [1.807, 2.05) is 6.08 Å². The first-order valence-electron chi connectivity index (χ1n) is 5.17. The molecule has 0 saturated carbocycles. The van der Waals surface area contributed by atoms with Gasteiger partial charge in [-0.05, 0) is 25.7 Å². The molecule has 0 bridgehead atoms. The monoisotopic (exact) mass is 169 g/mol. The first-order chi connectivity index (χ1) is 5.81. The molecule has 0 saturated heterocycles. The zero-order valence-corrected chi connectivity index (χ0v) is 8.39. The minimum Gasteiger partial charge on any atom is -0.328 e. The van der Waals surface area contributed by atoms with Crippen molar-refractivity contribution in [3.8, 4) is 0 Å². The van der Waals surface area contributed by atoms with Gasteiger partial charge in [0.05, 0.1) is 0 Å². The Bertz CT molecular complexity index is 99.2. The minimum atomic E-state index is 0.443. The second-order valence-corrected chi connectivity index (χ2v) is 3.48. The van der Waals surface area contributed by atoms with E-state index >= 15 is 0 Å². The third kappa shape index (κ3) is 7.80. The van der Waals surface area contributed by atoms with Gasteiger partial charge in [0, 0.05) is 6.04 Å². The summed E-state index contributed by atoms with van der Waals surface area (Å²) in [5.41, 5.74) is 5.88. The van der Waals surface area contributed by atoms with Gasteiger partial charge in [-0.25, -0.2) is 0 Å². The Morgan fingerprint density at radius 2 is 2.00 bits per heavy atom. The standard InChI is InChI=1S/C11H23N/c1-3-5-6-7-8-10-11(12)9-4-2/h3,11H,1,4-10,12H2,2H3. The lowest BCUT2D eigenvalue weighted by atomic mass is 10.0. The first-order valence-corrected chi connectivity index (χ1v) is 5.17. The summed E-state index contributed by atoms with van der Waals surface area (Å²) in [6.45, 7) is 5.89. The molecule has 1 nitrogen and oxygen atoms in total. The minimum absolute atomic E-state index is 0.443. The van der Waals surface area contributed by atoms with Gasteiger partial charge in [-0.3, -0.25) is 0 Å². The first kappa shape index (κ1) is 11.7. The highest BCUT2D eigenvalue weighted by Gasteiger charge is 1.99. The number of unbranched alkanes of at least 4 members (excludes halogenated alkanes) is 3. The van der Waals surface area contributed by atoms with E-state index in [1.54, 1.807) is 0 Å². The van der Waals surface area contributed by atoms with Crippen LogP contribution in [0.25, 0.3) is 0 Å². The van der Waals surface area contributed by atoms with Crippen LogP contribution >= 0.6 is 0 Å². The highest BCUT2D eigenvalue weighted by atomic mass is 14.6. The lowest BCUT2D eigenvalue weighted by Gasteiger charge is -2.08. The van der Waals surface area contributed by atoms with Crippen LogP contribution in [0.2, 0.25) is 0 Å². The van der Waals surface area contributed by atoms with Gasteiger partial charge in [-0.2, -0.15) is 0 Å². The average molecular weight is 169 g/mol. The molecule has 0 rings (SSSR count). The van der Waals surface area contributed by atoms with Crippen molar-refractivity contribution in [1.82, 2.24) is 0 Å². The van der Waals surface area contributed by atoms with E-state index in [2.05, 4.69) is 13.5 Å². The smallest absolute Gasteiger partial charge is 0.00387 e. The number of nitrogens with two attached hydrogens (primary N) is 1. The van der Waals surface area contributed by atoms with Crippen LogP contribution in [0.1, 0.15) is 51.9 Å². The van der Waals surface area contributed by atoms with Gasteiger partial charge in [0.1, 0.15) is 0 Å². The van der Waals surface area contributed by atoms with Crippen molar-refractivity contribution < 1.29 is 0 Å². The van der Waals surface area contributed by atoms with E-state index in [1.165, 1.54) is 38.5 Å². The molecule has 72 valence electrons. The SMILES string of the molecule is C=CCCCCCC(N)CCC. The average Bonchev–Trinajstić information content (AvgIpc) is 2.05. The lowest BCUT2D eigenvalue weighted by Crippen LogP contribution is -2.18. The molecule has 0 aliphatic heterocycles. The maximum absolute atomic E-state index is 5.88. The third-order valence-corrected chi connectivity index (χ3v) is 2.14. The molecule has 0 spiro atoms. The molecule has 2 N–H and O–H groups in total. The number of rotatable bonds is 8. The fourth-order valence-electron chi connectivity index (χ4n) is 1.39. The third-order valence-electron chi connectivity index (χ3n) is 2.14. The van der Waals surface area contributed by atoms with Gasteiger partial charge in [-0.15, -0.1) is 6.58 Å². The highest BCUT2D eigenvalue weighted by Crippen LogP contribution is 2.07. The van der Waals surface area contributed by atoms with E-state index in [4.69, 9.17) is 5.73 Å². The Balaban J connectivity index is 3.02. The summed E-state index contributed by atoms with van der Waals surface area (Å²) in [6.07, 6.45) is 10.6. The predicted molar refractivity (Wildman–Crippen MR) is 56.2 cm³/mol. The fraction of sp³-hybridized carbons (Fsp3) is 0.818. The molecule has 0 aromatic heterocycles. The van der Waals surface area contributed by atoms with Crippen LogP contribution in [0.4, 0.5) is 0 Å². The maximum Gasteiger partial charge on any atom is 0.00387 e. The maximum atomic E-state index is 5.88. The van der Waals surface area contributed by atoms with Crippen LogP contribution in [0.5, 0.6) is 0 Å². The molecule has 12 heavy (non-hydrogen) atoms. The molecule has 1 heteroatoms. The Kier molecular flexibility index (Phi) is 8.57. The fourth-order valence-corrected chi connectivity index (χ4v) is 1.39. The molecule has 0 fully saturated rings. The van der Waals surface area contributed by atoms with Crippen molar-refractivity contribution in [1.29, 1.82) is 0 Å². The zero-order chi connectivity index (χ0) is 9.23. The van der Waals surface area contributed by atoms with Crippen LogP contribution in [0.15, 0.2) is 12.7 Å². The van der Waals surface area contributed by atoms with E-state index in [0.717, 1.165) is 6.42 Å². The number of hydrogen-bond donors (Lipinski definition) is 1. The summed E-state index contributed by atoms with van der Waals surface area (Å²) in [4.78, 5) is 0. The molecule has 0 aliphatic rings. The van der Waals surface area contributed by atoms with Gasteiger partial charge in [0.15, 0.2) is 0 Å². The van der Waals surface area contributed by atoms with Crippen LogP contribution in [0, 0.1) is 0 Å². The van der Waals surface area contributed by atoms with Gasteiger partial charge in [0.2, 0.25) is 0 Å². The lowest BCUT2D eigenvalue weighted by molar-refractivity contribution is 0.520.